The van der Waals surface area contributed by atoms with Crippen LogP contribution in [0.15, 0.2) is 53.4 Å². The molecule has 144 valence electrons. The standard InChI is InChI=1S/C20H23NO5S/c1-15-3-7-17(8-4-15)13-21-19(22)14-26-20(23)11-12-27(24,25)18-9-5-16(2)6-10-18/h3-10H,11-14H2,1-2H3,(H,21,22). The van der Waals surface area contributed by atoms with Gasteiger partial charge in [0.05, 0.1) is 17.1 Å². The van der Waals surface area contributed by atoms with Gasteiger partial charge >= 0.3 is 5.97 Å². The summed E-state index contributed by atoms with van der Waals surface area (Å²) in [7, 11) is -3.56. The summed E-state index contributed by atoms with van der Waals surface area (Å²) in [5.41, 5.74) is 3.01. The number of carbonyl (C=O) groups is 2. The maximum absolute atomic E-state index is 12.2. The second kappa shape index (κ2) is 9.32. The van der Waals surface area contributed by atoms with Crippen molar-refractivity contribution in [1.29, 1.82) is 0 Å². The quantitative estimate of drug-likeness (QED) is 0.700. The van der Waals surface area contributed by atoms with Gasteiger partial charge in [-0.15, -0.1) is 0 Å². The zero-order valence-electron chi connectivity index (χ0n) is 15.4. The Morgan fingerprint density at radius 2 is 1.48 bits per heavy atom. The van der Waals surface area contributed by atoms with Crippen molar-refractivity contribution in [1.82, 2.24) is 5.32 Å². The summed E-state index contributed by atoms with van der Waals surface area (Å²) in [4.78, 5) is 23.6. The predicted octanol–water partition coefficient (Wildman–Crippen LogP) is 2.33. The molecule has 0 saturated carbocycles. The second-order valence-corrected chi connectivity index (χ2v) is 8.41. The summed E-state index contributed by atoms with van der Waals surface area (Å²) in [5.74, 6) is -1.53. The molecule has 0 unspecified atom stereocenters. The average Bonchev–Trinajstić information content (AvgIpc) is 2.64. The van der Waals surface area contributed by atoms with Gasteiger partial charge in [0.1, 0.15) is 0 Å². The number of hydrogen-bond donors (Lipinski definition) is 1. The lowest BCUT2D eigenvalue weighted by Gasteiger charge is -2.08. The molecule has 0 aliphatic heterocycles. The number of amides is 1. The molecule has 0 bridgehead atoms. The van der Waals surface area contributed by atoms with Crippen LogP contribution in [0.2, 0.25) is 0 Å². The lowest BCUT2D eigenvalue weighted by atomic mass is 10.1. The van der Waals surface area contributed by atoms with Gasteiger partial charge in [0.15, 0.2) is 16.4 Å². The van der Waals surface area contributed by atoms with Gasteiger partial charge in [-0.1, -0.05) is 47.5 Å². The van der Waals surface area contributed by atoms with Gasteiger partial charge in [0, 0.05) is 6.54 Å². The molecule has 0 saturated heterocycles. The molecule has 0 heterocycles. The lowest BCUT2D eigenvalue weighted by Crippen LogP contribution is -2.28. The summed E-state index contributed by atoms with van der Waals surface area (Å²) in [6, 6.07) is 14.1. The molecule has 0 aliphatic rings. The molecule has 2 aromatic carbocycles. The van der Waals surface area contributed by atoms with Crippen LogP contribution in [0.25, 0.3) is 0 Å². The van der Waals surface area contributed by atoms with E-state index in [2.05, 4.69) is 5.32 Å². The van der Waals surface area contributed by atoms with Crippen molar-refractivity contribution in [3.05, 3.63) is 65.2 Å². The summed E-state index contributed by atoms with van der Waals surface area (Å²) in [6.07, 6.45) is -0.304. The minimum atomic E-state index is -3.56. The van der Waals surface area contributed by atoms with Crippen LogP contribution < -0.4 is 5.32 Å². The minimum absolute atomic E-state index is 0.164. The van der Waals surface area contributed by atoms with Crippen molar-refractivity contribution in [3.8, 4) is 0 Å². The summed E-state index contributed by atoms with van der Waals surface area (Å²) >= 11 is 0. The van der Waals surface area contributed by atoms with E-state index in [1.54, 1.807) is 12.1 Å². The van der Waals surface area contributed by atoms with Gasteiger partial charge < -0.3 is 10.1 Å². The highest BCUT2D eigenvalue weighted by Crippen LogP contribution is 2.13. The normalized spacial score (nSPS) is 11.0. The van der Waals surface area contributed by atoms with Crippen LogP contribution in [-0.2, 0) is 30.7 Å². The van der Waals surface area contributed by atoms with E-state index in [4.69, 9.17) is 4.74 Å². The van der Waals surface area contributed by atoms with Gasteiger partial charge in [-0.3, -0.25) is 9.59 Å². The largest absolute Gasteiger partial charge is 0.456 e. The minimum Gasteiger partial charge on any atom is -0.456 e. The van der Waals surface area contributed by atoms with E-state index >= 15 is 0 Å². The van der Waals surface area contributed by atoms with Gasteiger partial charge in [-0.25, -0.2) is 8.42 Å². The van der Waals surface area contributed by atoms with Crippen molar-refractivity contribution in [3.63, 3.8) is 0 Å². The molecule has 7 heteroatoms. The van der Waals surface area contributed by atoms with E-state index in [9.17, 15) is 18.0 Å². The number of aryl methyl sites for hydroxylation is 2. The topological polar surface area (TPSA) is 89.5 Å². The van der Waals surface area contributed by atoms with E-state index in [0.29, 0.717) is 6.54 Å². The first-order valence-electron chi connectivity index (χ1n) is 8.53. The third kappa shape index (κ3) is 6.86. The summed E-state index contributed by atoms with van der Waals surface area (Å²) in [5, 5.41) is 2.64. The van der Waals surface area contributed by atoms with Crippen molar-refractivity contribution in [2.75, 3.05) is 12.4 Å². The molecule has 0 aromatic heterocycles. The van der Waals surface area contributed by atoms with Gasteiger partial charge in [0.2, 0.25) is 0 Å². The highest BCUT2D eigenvalue weighted by molar-refractivity contribution is 7.91. The Balaban J connectivity index is 1.72. The van der Waals surface area contributed by atoms with E-state index in [-0.39, 0.29) is 17.1 Å². The van der Waals surface area contributed by atoms with Crippen molar-refractivity contribution < 1.29 is 22.7 Å². The number of esters is 1. The van der Waals surface area contributed by atoms with Crippen molar-refractivity contribution >= 4 is 21.7 Å². The highest BCUT2D eigenvalue weighted by atomic mass is 32.2. The second-order valence-electron chi connectivity index (χ2n) is 6.30. The van der Waals surface area contributed by atoms with E-state index in [1.165, 1.54) is 12.1 Å². The van der Waals surface area contributed by atoms with Crippen LogP contribution in [0.5, 0.6) is 0 Å². The van der Waals surface area contributed by atoms with Gasteiger partial charge in [-0.05, 0) is 31.5 Å². The third-order valence-corrected chi connectivity index (χ3v) is 5.66. The fourth-order valence-corrected chi connectivity index (χ4v) is 3.48. The molecular formula is C20H23NO5S. The molecule has 1 amide bonds. The molecule has 0 aliphatic carbocycles. The first kappa shape index (κ1) is 20.6. The zero-order valence-corrected chi connectivity index (χ0v) is 16.2. The van der Waals surface area contributed by atoms with Crippen molar-refractivity contribution in [2.24, 2.45) is 0 Å². The van der Waals surface area contributed by atoms with Crippen LogP contribution in [0, 0.1) is 13.8 Å². The van der Waals surface area contributed by atoms with Crippen LogP contribution in [0.3, 0.4) is 0 Å². The Morgan fingerprint density at radius 1 is 0.926 bits per heavy atom. The molecule has 27 heavy (non-hydrogen) atoms. The molecule has 0 atom stereocenters. The van der Waals surface area contributed by atoms with Gasteiger partial charge in [0.25, 0.3) is 5.91 Å². The Morgan fingerprint density at radius 3 is 2.07 bits per heavy atom. The van der Waals surface area contributed by atoms with Crippen LogP contribution in [-0.4, -0.2) is 32.7 Å². The first-order valence-corrected chi connectivity index (χ1v) is 10.2. The molecule has 6 nitrogen and oxygen atoms in total. The lowest BCUT2D eigenvalue weighted by molar-refractivity contribution is -0.148. The Kier molecular flexibility index (Phi) is 7.12. The number of nitrogens with one attached hydrogen (secondary N) is 1. The molecule has 2 rings (SSSR count). The third-order valence-electron chi connectivity index (χ3n) is 3.93. The van der Waals surface area contributed by atoms with E-state index in [0.717, 1.165) is 16.7 Å². The average molecular weight is 389 g/mol. The number of carbonyl (C=O) groups excluding carboxylic acids is 2. The molecular weight excluding hydrogens is 366 g/mol. The summed E-state index contributed by atoms with van der Waals surface area (Å²) < 4.78 is 29.2. The fraction of sp³-hybridized carbons (Fsp3) is 0.300. The summed E-state index contributed by atoms with van der Waals surface area (Å²) in [6.45, 7) is 3.73. The first-order chi connectivity index (χ1) is 12.8. The van der Waals surface area contributed by atoms with Crippen molar-refractivity contribution in [2.45, 2.75) is 31.7 Å². The predicted molar refractivity (Wildman–Crippen MR) is 102 cm³/mol. The number of ether oxygens (including phenoxy) is 1. The monoisotopic (exact) mass is 389 g/mol. The molecule has 1 N–H and O–H groups in total. The molecule has 0 fully saturated rings. The van der Waals surface area contributed by atoms with Crippen LogP contribution in [0.4, 0.5) is 0 Å². The zero-order chi connectivity index (χ0) is 19.9. The number of benzene rings is 2. The van der Waals surface area contributed by atoms with Crippen LogP contribution in [0.1, 0.15) is 23.1 Å². The number of rotatable bonds is 8. The number of sulfone groups is 1. The highest BCUT2D eigenvalue weighted by Gasteiger charge is 2.17. The fourth-order valence-electron chi connectivity index (χ4n) is 2.26. The molecule has 2 aromatic rings. The molecule has 0 radical (unpaired) electrons. The Bertz CT molecular complexity index is 887. The van der Waals surface area contributed by atoms with Gasteiger partial charge in [-0.2, -0.15) is 0 Å². The SMILES string of the molecule is Cc1ccc(CNC(=O)COC(=O)CCS(=O)(=O)c2ccc(C)cc2)cc1. The Labute approximate surface area is 159 Å². The van der Waals surface area contributed by atoms with E-state index in [1.807, 2.05) is 38.1 Å². The number of hydrogen-bond acceptors (Lipinski definition) is 5. The molecule has 0 spiro atoms. The maximum Gasteiger partial charge on any atom is 0.307 e. The maximum atomic E-state index is 12.2. The smallest absolute Gasteiger partial charge is 0.307 e. The Hall–Kier alpha value is -2.67. The van der Waals surface area contributed by atoms with Crippen LogP contribution >= 0.6 is 0 Å². The van der Waals surface area contributed by atoms with E-state index < -0.39 is 28.3 Å².